The van der Waals surface area contributed by atoms with E-state index in [0.29, 0.717) is 15.8 Å². The third-order valence-electron chi connectivity index (χ3n) is 2.42. The molecule has 0 saturated carbocycles. The van der Waals surface area contributed by atoms with Crippen molar-refractivity contribution in [3.8, 4) is 11.5 Å². The summed E-state index contributed by atoms with van der Waals surface area (Å²) in [6, 6.07) is 3.65. The van der Waals surface area contributed by atoms with Gasteiger partial charge in [0, 0.05) is 6.07 Å². The summed E-state index contributed by atoms with van der Waals surface area (Å²) in [6.07, 6.45) is 2.43. The minimum atomic E-state index is 0.531. The number of methoxy groups -OCH3 is 2. The summed E-state index contributed by atoms with van der Waals surface area (Å²) in [7, 11) is 3.20. The number of halogens is 1. The Kier molecular flexibility index (Phi) is 5.51. The third kappa shape index (κ3) is 4.06. The number of hydrogen-bond acceptors (Lipinski definition) is 3. The highest BCUT2D eigenvalue weighted by molar-refractivity contribution is 7.80. The zero-order chi connectivity index (χ0) is 12.8. The van der Waals surface area contributed by atoms with Gasteiger partial charge in [-0.2, -0.15) is 0 Å². The Morgan fingerprint density at radius 3 is 2.47 bits per heavy atom. The average Bonchev–Trinajstić information content (AvgIpc) is 2.29. The molecule has 0 saturated heterocycles. The molecule has 2 N–H and O–H groups in total. The summed E-state index contributed by atoms with van der Waals surface area (Å²) in [5, 5.41) is 0.582. The number of benzene rings is 1. The van der Waals surface area contributed by atoms with Crippen LogP contribution < -0.4 is 15.2 Å². The van der Waals surface area contributed by atoms with Gasteiger partial charge in [-0.25, -0.2) is 0 Å². The second-order valence-electron chi connectivity index (χ2n) is 3.62. The minimum absolute atomic E-state index is 0.531. The molecule has 0 radical (unpaired) electrons. The van der Waals surface area contributed by atoms with E-state index in [9.17, 15) is 0 Å². The highest BCUT2D eigenvalue weighted by atomic mass is 35.5. The van der Waals surface area contributed by atoms with Gasteiger partial charge in [0.2, 0.25) is 0 Å². The average molecular weight is 274 g/mol. The van der Waals surface area contributed by atoms with Crippen molar-refractivity contribution in [2.24, 2.45) is 5.73 Å². The van der Waals surface area contributed by atoms with Crippen molar-refractivity contribution in [1.29, 1.82) is 0 Å². The summed E-state index contributed by atoms with van der Waals surface area (Å²) in [4.78, 5) is 0.531. The highest BCUT2D eigenvalue weighted by Crippen LogP contribution is 2.33. The third-order valence-corrected chi connectivity index (χ3v) is 2.92. The van der Waals surface area contributed by atoms with E-state index in [1.54, 1.807) is 20.3 Å². The van der Waals surface area contributed by atoms with E-state index in [1.807, 2.05) is 6.07 Å². The van der Waals surface area contributed by atoms with E-state index in [-0.39, 0.29) is 0 Å². The zero-order valence-electron chi connectivity index (χ0n) is 9.96. The first-order chi connectivity index (χ1) is 8.08. The fourth-order valence-corrected chi connectivity index (χ4v) is 1.98. The van der Waals surface area contributed by atoms with Crippen LogP contribution in [0.1, 0.15) is 18.4 Å². The summed E-state index contributed by atoms with van der Waals surface area (Å²) < 4.78 is 10.4. The Balaban J connectivity index is 2.83. The van der Waals surface area contributed by atoms with Gasteiger partial charge >= 0.3 is 0 Å². The molecule has 1 aromatic carbocycles. The normalized spacial score (nSPS) is 10.1. The molecule has 0 aliphatic heterocycles. The van der Waals surface area contributed by atoms with Crippen molar-refractivity contribution < 1.29 is 9.47 Å². The number of hydrogen-bond donors (Lipinski definition) is 1. The molecule has 0 bridgehead atoms. The van der Waals surface area contributed by atoms with Crippen LogP contribution in [0.15, 0.2) is 12.1 Å². The molecule has 0 unspecified atom stereocenters. The van der Waals surface area contributed by atoms with Gasteiger partial charge < -0.3 is 15.2 Å². The molecule has 0 amide bonds. The van der Waals surface area contributed by atoms with Gasteiger partial charge in [-0.3, -0.25) is 0 Å². The van der Waals surface area contributed by atoms with Gasteiger partial charge in [0.15, 0.2) is 0 Å². The van der Waals surface area contributed by atoms with Crippen LogP contribution in [-0.2, 0) is 6.42 Å². The van der Waals surface area contributed by atoms with Crippen LogP contribution in [0.4, 0.5) is 0 Å². The van der Waals surface area contributed by atoms with E-state index in [1.165, 1.54) is 0 Å². The van der Waals surface area contributed by atoms with Crippen LogP contribution in [0, 0.1) is 0 Å². The number of rotatable bonds is 6. The molecule has 5 heteroatoms. The molecule has 0 aliphatic rings. The first-order valence-corrected chi connectivity index (χ1v) is 6.05. The van der Waals surface area contributed by atoms with E-state index < -0.39 is 0 Å². The number of aryl methyl sites for hydroxylation is 1. The Morgan fingerprint density at radius 2 is 1.94 bits per heavy atom. The van der Waals surface area contributed by atoms with E-state index in [2.05, 4.69) is 0 Å². The summed E-state index contributed by atoms with van der Waals surface area (Å²) >= 11 is 10.9. The highest BCUT2D eigenvalue weighted by Gasteiger charge is 2.09. The van der Waals surface area contributed by atoms with Crippen molar-refractivity contribution in [2.45, 2.75) is 19.3 Å². The number of thiocarbonyl (C=S) groups is 1. The fraction of sp³-hybridized carbons (Fsp3) is 0.417. The molecule has 3 nitrogen and oxygen atoms in total. The molecule has 0 atom stereocenters. The SMILES string of the molecule is COc1cc(OC)c(CCCC(N)=S)cc1Cl. The predicted molar refractivity (Wildman–Crippen MR) is 74.3 cm³/mol. The Hall–Kier alpha value is -1.00. The maximum absolute atomic E-state index is 6.07. The predicted octanol–water partition coefficient (Wildman–Crippen LogP) is 2.97. The van der Waals surface area contributed by atoms with E-state index in [4.69, 9.17) is 39.0 Å². The van der Waals surface area contributed by atoms with Crippen molar-refractivity contribution in [3.63, 3.8) is 0 Å². The molecule has 94 valence electrons. The quantitative estimate of drug-likeness (QED) is 0.810. The van der Waals surface area contributed by atoms with Crippen LogP contribution in [0.5, 0.6) is 11.5 Å². The van der Waals surface area contributed by atoms with Crippen LogP contribution >= 0.6 is 23.8 Å². The molecule has 0 aromatic heterocycles. The minimum Gasteiger partial charge on any atom is -0.496 e. The van der Waals surface area contributed by atoms with Gasteiger partial charge in [-0.1, -0.05) is 23.8 Å². The van der Waals surface area contributed by atoms with Crippen LogP contribution in [0.3, 0.4) is 0 Å². The topological polar surface area (TPSA) is 44.5 Å². The lowest BCUT2D eigenvalue weighted by molar-refractivity contribution is 0.391. The zero-order valence-corrected chi connectivity index (χ0v) is 11.5. The molecule has 17 heavy (non-hydrogen) atoms. The van der Waals surface area contributed by atoms with Crippen molar-refractivity contribution in [3.05, 3.63) is 22.7 Å². The van der Waals surface area contributed by atoms with Gasteiger partial charge in [-0.05, 0) is 30.9 Å². The van der Waals surface area contributed by atoms with Gasteiger partial charge in [0.05, 0.1) is 24.2 Å². The largest absolute Gasteiger partial charge is 0.496 e. The molecular formula is C12H16ClNO2S. The maximum Gasteiger partial charge on any atom is 0.141 e. The molecule has 0 heterocycles. The van der Waals surface area contributed by atoms with Gasteiger partial charge in [0.25, 0.3) is 0 Å². The number of ether oxygens (including phenoxy) is 2. The van der Waals surface area contributed by atoms with Crippen LogP contribution in [-0.4, -0.2) is 19.2 Å². The lowest BCUT2D eigenvalue weighted by Crippen LogP contribution is -2.07. The first-order valence-electron chi connectivity index (χ1n) is 5.27. The monoisotopic (exact) mass is 273 g/mol. The Bertz CT molecular complexity index is 410. The molecule has 1 rings (SSSR count). The molecule has 0 spiro atoms. The van der Waals surface area contributed by atoms with Crippen LogP contribution in [0.2, 0.25) is 5.02 Å². The second kappa shape index (κ2) is 6.67. The Labute approximate surface area is 112 Å². The lowest BCUT2D eigenvalue weighted by Gasteiger charge is -2.11. The summed E-state index contributed by atoms with van der Waals surface area (Å²) in [5.74, 6) is 1.39. The summed E-state index contributed by atoms with van der Waals surface area (Å²) in [5.41, 5.74) is 6.49. The molecular weight excluding hydrogens is 258 g/mol. The molecule has 0 aliphatic carbocycles. The summed E-state index contributed by atoms with van der Waals surface area (Å²) in [6.45, 7) is 0. The molecule has 1 aromatic rings. The fourth-order valence-electron chi connectivity index (χ4n) is 1.57. The van der Waals surface area contributed by atoms with Gasteiger partial charge in [0.1, 0.15) is 11.5 Å². The second-order valence-corrected chi connectivity index (χ2v) is 4.55. The lowest BCUT2D eigenvalue weighted by atomic mass is 10.1. The van der Waals surface area contributed by atoms with E-state index >= 15 is 0 Å². The first kappa shape index (κ1) is 14.1. The standard InChI is InChI=1S/C12H16ClNO2S/c1-15-10-7-11(16-2)9(13)6-8(10)4-3-5-12(14)17/h6-7H,3-5H2,1-2H3,(H2,14,17). The molecule has 0 fully saturated rings. The van der Waals surface area contributed by atoms with E-state index in [0.717, 1.165) is 30.6 Å². The Morgan fingerprint density at radius 1 is 1.29 bits per heavy atom. The number of nitrogens with two attached hydrogens (primary N) is 1. The van der Waals surface area contributed by atoms with Crippen molar-refractivity contribution >= 4 is 28.8 Å². The van der Waals surface area contributed by atoms with Gasteiger partial charge in [-0.15, -0.1) is 0 Å². The maximum atomic E-state index is 6.07. The smallest absolute Gasteiger partial charge is 0.141 e. The van der Waals surface area contributed by atoms with Crippen molar-refractivity contribution in [1.82, 2.24) is 0 Å². The van der Waals surface area contributed by atoms with Crippen LogP contribution in [0.25, 0.3) is 0 Å². The van der Waals surface area contributed by atoms with Crippen molar-refractivity contribution in [2.75, 3.05) is 14.2 Å².